The fraction of sp³-hybridized carbons (Fsp3) is 0.560. The summed E-state index contributed by atoms with van der Waals surface area (Å²) in [6, 6.07) is 3.72. The van der Waals surface area contributed by atoms with Crippen molar-refractivity contribution in [1.82, 2.24) is 15.6 Å². The van der Waals surface area contributed by atoms with Crippen LogP contribution in [-0.4, -0.2) is 104 Å². The van der Waals surface area contributed by atoms with Crippen LogP contribution in [0.15, 0.2) is 30.5 Å². The number of fused-ring (bicyclic) bond motifs is 1. The maximum absolute atomic E-state index is 13.1. The van der Waals surface area contributed by atoms with Crippen LogP contribution in [0.5, 0.6) is 0 Å². The normalized spacial score (nSPS) is 17.2. The maximum atomic E-state index is 13.1. The topological polar surface area (TPSA) is 244 Å². The highest BCUT2D eigenvalue weighted by Crippen LogP contribution is 2.19. The number of aromatic nitrogens is 1. The molecule has 0 fully saturated rings. The highest BCUT2D eigenvalue weighted by Gasteiger charge is 2.38. The lowest BCUT2D eigenvalue weighted by atomic mass is 9.96. The second kappa shape index (κ2) is 14.9. The Morgan fingerprint density at radius 3 is 2.34 bits per heavy atom. The first kappa shape index (κ1) is 31.3. The number of H-pyrrole nitrogens is 1. The number of ketones is 1. The maximum Gasteiger partial charge on any atom is 0.243 e. The molecule has 7 atom stereocenters. The number of aliphatic hydroxyl groups is 5. The lowest BCUT2D eigenvalue weighted by molar-refractivity contribution is -0.146. The van der Waals surface area contributed by atoms with E-state index >= 15 is 0 Å². The van der Waals surface area contributed by atoms with Gasteiger partial charge in [0.25, 0.3) is 0 Å². The molecule has 0 aliphatic heterocycles. The van der Waals surface area contributed by atoms with Crippen LogP contribution in [0, 0.1) is 0 Å². The number of rotatable bonds is 16. The molecular weight excluding hydrogens is 498 g/mol. The van der Waals surface area contributed by atoms with E-state index < -0.39 is 66.7 Å². The molecule has 0 aliphatic rings. The molecule has 212 valence electrons. The lowest BCUT2D eigenvalue weighted by Crippen LogP contribution is -2.59. The average Bonchev–Trinajstić information content (AvgIpc) is 3.31. The van der Waals surface area contributed by atoms with Crippen LogP contribution in [-0.2, 0) is 20.8 Å². The third kappa shape index (κ3) is 8.30. The van der Waals surface area contributed by atoms with Crippen molar-refractivity contribution in [1.29, 1.82) is 0 Å². The van der Waals surface area contributed by atoms with E-state index in [2.05, 4.69) is 15.6 Å². The fourth-order valence-electron chi connectivity index (χ4n) is 4.02. The van der Waals surface area contributed by atoms with Gasteiger partial charge < -0.3 is 52.6 Å². The van der Waals surface area contributed by atoms with Crippen molar-refractivity contribution < 1.29 is 39.9 Å². The minimum absolute atomic E-state index is 0.156. The molecule has 38 heavy (non-hydrogen) atoms. The van der Waals surface area contributed by atoms with Crippen LogP contribution in [0.3, 0.4) is 0 Å². The molecule has 0 aliphatic carbocycles. The molecule has 12 N–H and O–H groups in total. The van der Waals surface area contributed by atoms with Gasteiger partial charge in [0.1, 0.15) is 30.4 Å². The summed E-state index contributed by atoms with van der Waals surface area (Å²) >= 11 is 0. The molecule has 13 nitrogen and oxygen atoms in total. The minimum Gasteiger partial charge on any atom is -0.394 e. The Kier molecular flexibility index (Phi) is 12.3. The molecule has 0 bridgehead atoms. The Morgan fingerprint density at radius 2 is 1.71 bits per heavy atom. The van der Waals surface area contributed by atoms with Crippen LogP contribution in [0.1, 0.15) is 31.7 Å². The number of aliphatic hydroxyl groups excluding tert-OH is 5. The number of hydrogen-bond donors (Lipinski definition) is 10. The van der Waals surface area contributed by atoms with Gasteiger partial charge in [-0.3, -0.25) is 14.4 Å². The van der Waals surface area contributed by atoms with Crippen molar-refractivity contribution in [2.24, 2.45) is 11.5 Å². The third-order valence-corrected chi connectivity index (χ3v) is 6.31. The van der Waals surface area contributed by atoms with E-state index in [4.69, 9.17) is 16.6 Å². The minimum atomic E-state index is -2.20. The quantitative estimate of drug-likeness (QED) is 0.0983. The van der Waals surface area contributed by atoms with Gasteiger partial charge in [0.2, 0.25) is 11.8 Å². The standard InChI is InChI=1S/C25H39N5O8/c1-13(32)20(22(35)23(36)21(34)19(33)12-31)30-25(38)18(8-4-5-9-26)29-24(37)16(27)10-14-11-28-17-7-3-2-6-15(14)17/h2-3,6-7,11,13,16,18-21,23,28,31-34,36H,4-5,8-10,12,26-27H2,1H3,(H,29,37)(H,30,38)/t13-,16-,18+,19+,20+,21-,23?/m1/s1. The Labute approximate surface area is 220 Å². The van der Waals surface area contributed by atoms with E-state index in [1.807, 2.05) is 24.3 Å². The highest BCUT2D eigenvalue weighted by molar-refractivity contribution is 5.95. The van der Waals surface area contributed by atoms with E-state index in [0.29, 0.717) is 19.4 Å². The number of hydrogen-bond acceptors (Lipinski definition) is 10. The number of unbranched alkanes of at least 4 members (excludes halogenated alkanes) is 1. The molecule has 0 radical (unpaired) electrons. The predicted molar refractivity (Wildman–Crippen MR) is 139 cm³/mol. The molecule has 0 saturated carbocycles. The molecule has 1 unspecified atom stereocenters. The monoisotopic (exact) mass is 537 g/mol. The average molecular weight is 538 g/mol. The number of Topliss-reactive ketones (excluding diaryl/α,β-unsaturated/α-hetero) is 1. The predicted octanol–water partition coefficient (Wildman–Crippen LogP) is -2.84. The zero-order valence-corrected chi connectivity index (χ0v) is 21.3. The van der Waals surface area contributed by atoms with Crippen molar-refractivity contribution in [3.8, 4) is 0 Å². The molecule has 0 saturated heterocycles. The van der Waals surface area contributed by atoms with E-state index in [1.165, 1.54) is 6.92 Å². The number of amides is 2. The fourth-order valence-corrected chi connectivity index (χ4v) is 4.02. The second-order valence-electron chi connectivity index (χ2n) is 9.33. The smallest absolute Gasteiger partial charge is 0.243 e. The zero-order valence-electron chi connectivity index (χ0n) is 21.3. The van der Waals surface area contributed by atoms with Crippen LogP contribution in [0.4, 0.5) is 0 Å². The number of aromatic amines is 1. The van der Waals surface area contributed by atoms with E-state index in [0.717, 1.165) is 16.5 Å². The molecule has 2 amide bonds. The SMILES string of the molecule is C[C@@H](O)[C@H](NC(=O)[C@H](CCCCN)NC(=O)[C@H](N)Cc1c[nH]c2ccccc12)C(=O)C(O)[C@H](O)[C@@H](O)CO. The second-order valence-corrected chi connectivity index (χ2v) is 9.33. The van der Waals surface area contributed by atoms with Gasteiger partial charge >= 0.3 is 0 Å². The Morgan fingerprint density at radius 1 is 1.03 bits per heavy atom. The number of nitrogens with one attached hydrogen (secondary N) is 3. The van der Waals surface area contributed by atoms with Crippen LogP contribution >= 0.6 is 0 Å². The zero-order chi connectivity index (χ0) is 28.4. The largest absolute Gasteiger partial charge is 0.394 e. The molecule has 2 aromatic rings. The van der Waals surface area contributed by atoms with Crippen LogP contribution in [0.25, 0.3) is 10.9 Å². The van der Waals surface area contributed by atoms with Gasteiger partial charge in [0.15, 0.2) is 5.78 Å². The summed E-state index contributed by atoms with van der Waals surface area (Å²) in [4.78, 5) is 41.8. The third-order valence-electron chi connectivity index (χ3n) is 6.31. The van der Waals surface area contributed by atoms with Gasteiger partial charge in [-0.15, -0.1) is 0 Å². The molecule has 13 heteroatoms. The van der Waals surface area contributed by atoms with Crippen molar-refractivity contribution in [3.05, 3.63) is 36.0 Å². The number of para-hydroxylation sites is 1. The Hall–Kier alpha value is -2.91. The molecule has 2 rings (SSSR count). The number of carbonyl (C=O) groups is 3. The summed E-state index contributed by atoms with van der Waals surface area (Å²) in [6.45, 7) is 0.614. The summed E-state index contributed by atoms with van der Waals surface area (Å²) in [6.07, 6.45) is -4.43. The van der Waals surface area contributed by atoms with Crippen molar-refractivity contribution >= 4 is 28.5 Å². The summed E-state index contributed by atoms with van der Waals surface area (Å²) in [5.41, 5.74) is 13.4. The Bertz CT molecular complexity index is 1060. The van der Waals surface area contributed by atoms with Gasteiger partial charge in [0.05, 0.1) is 18.8 Å². The first-order valence-electron chi connectivity index (χ1n) is 12.5. The molecule has 1 aromatic heterocycles. The molecule has 0 spiro atoms. The summed E-state index contributed by atoms with van der Waals surface area (Å²) < 4.78 is 0. The summed E-state index contributed by atoms with van der Waals surface area (Å²) in [5, 5.41) is 54.4. The van der Waals surface area contributed by atoms with Gasteiger partial charge in [-0.25, -0.2) is 0 Å². The number of nitrogens with two attached hydrogens (primary N) is 2. The molecule has 1 heterocycles. The first-order chi connectivity index (χ1) is 18.0. The molecule has 1 aromatic carbocycles. The first-order valence-corrected chi connectivity index (χ1v) is 12.5. The lowest BCUT2D eigenvalue weighted by Gasteiger charge is -2.28. The summed E-state index contributed by atoms with van der Waals surface area (Å²) in [7, 11) is 0. The van der Waals surface area contributed by atoms with Gasteiger partial charge in [0, 0.05) is 17.1 Å². The Balaban J connectivity index is 2.13. The number of benzene rings is 1. The van der Waals surface area contributed by atoms with Gasteiger partial charge in [-0.05, 0) is 50.8 Å². The van der Waals surface area contributed by atoms with Gasteiger partial charge in [-0.2, -0.15) is 0 Å². The van der Waals surface area contributed by atoms with Crippen LogP contribution < -0.4 is 22.1 Å². The summed E-state index contributed by atoms with van der Waals surface area (Å²) in [5.74, 6) is -2.61. The van der Waals surface area contributed by atoms with Crippen molar-refractivity contribution in [2.75, 3.05) is 13.2 Å². The van der Waals surface area contributed by atoms with Crippen molar-refractivity contribution in [2.45, 2.75) is 75.1 Å². The highest BCUT2D eigenvalue weighted by atomic mass is 16.4. The van der Waals surface area contributed by atoms with E-state index in [-0.39, 0.29) is 12.8 Å². The number of carbonyl (C=O) groups excluding carboxylic acids is 3. The molecular formula is C25H39N5O8. The van der Waals surface area contributed by atoms with E-state index in [1.54, 1.807) is 6.20 Å². The van der Waals surface area contributed by atoms with Crippen LogP contribution in [0.2, 0.25) is 0 Å². The van der Waals surface area contributed by atoms with Crippen molar-refractivity contribution in [3.63, 3.8) is 0 Å². The van der Waals surface area contributed by atoms with E-state index in [9.17, 15) is 34.8 Å². The van der Waals surface area contributed by atoms with Gasteiger partial charge in [-0.1, -0.05) is 18.2 Å².